The smallest absolute Gasteiger partial charge is 0.178 e. The molecule has 0 aliphatic heterocycles. The number of anilines is 2. The largest absolute Gasteiger partial charge is 0.372 e. The van der Waals surface area contributed by atoms with Crippen molar-refractivity contribution in [1.82, 2.24) is 0 Å². The number of nitrogens with zero attached hydrogens (tertiary/aromatic N) is 2. The maximum atomic E-state index is 12.4. The average molecular weight is 581 g/mol. The van der Waals surface area contributed by atoms with E-state index in [0.717, 1.165) is 48.4 Å². The van der Waals surface area contributed by atoms with Crippen LogP contribution in [0.5, 0.6) is 0 Å². The average Bonchev–Trinajstić information content (AvgIpc) is 3.07. The molecule has 3 heteroatoms. The molecule has 0 saturated carbocycles. The Morgan fingerprint density at radius 3 is 0.886 bits per heavy atom. The molecule has 0 spiro atoms. The van der Waals surface area contributed by atoms with Gasteiger partial charge in [-0.05, 0) is 97.5 Å². The molecular formula is C41H44N2O. The van der Waals surface area contributed by atoms with Crippen LogP contribution in [-0.4, -0.2) is 32.0 Å². The van der Waals surface area contributed by atoms with Crippen LogP contribution in [0.3, 0.4) is 0 Å². The maximum absolute atomic E-state index is 12.4. The quantitative estimate of drug-likeness (QED) is 0.110. The van der Waals surface area contributed by atoms with Crippen molar-refractivity contribution in [2.75, 3.05) is 36.0 Å². The monoisotopic (exact) mass is 580 g/mol. The highest BCUT2D eigenvalue weighted by Crippen LogP contribution is 2.18. The number of allylic oxidation sites excluding steroid dienone is 2. The molecular weight excluding hydrogens is 536 g/mol. The van der Waals surface area contributed by atoms with Crippen molar-refractivity contribution in [2.24, 2.45) is 0 Å². The summed E-state index contributed by atoms with van der Waals surface area (Å²) in [4.78, 5) is 17.1. The zero-order chi connectivity index (χ0) is 31.1. The first-order valence-electron chi connectivity index (χ1n) is 15.7. The molecule has 0 heterocycles. The van der Waals surface area contributed by atoms with E-state index in [-0.39, 0.29) is 5.78 Å². The Kier molecular flexibility index (Phi) is 12.1. The zero-order valence-corrected chi connectivity index (χ0v) is 26.5. The van der Waals surface area contributed by atoms with Crippen molar-refractivity contribution in [3.8, 4) is 0 Å². The Morgan fingerprint density at radius 2 is 0.636 bits per heavy atom. The van der Waals surface area contributed by atoms with Gasteiger partial charge >= 0.3 is 0 Å². The summed E-state index contributed by atoms with van der Waals surface area (Å²) in [5, 5.41) is 0. The number of hydrogen-bond acceptors (Lipinski definition) is 3. The highest BCUT2D eigenvalue weighted by atomic mass is 16.1. The van der Waals surface area contributed by atoms with Gasteiger partial charge in [0.2, 0.25) is 0 Å². The van der Waals surface area contributed by atoms with E-state index in [0.29, 0.717) is 0 Å². The first-order chi connectivity index (χ1) is 21.5. The van der Waals surface area contributed by atoms with Crippen LogP contribution in [0, 0.1) is 0 Å². The predicted molar refractivity (Wildman–Crippen MR) is 194 cm³/mol. The van der Waals surface area contributed by atoms with Crippen LogP contribution in [0.15, 0.2) is 109 Å². The summed E-state index contributed by atoms with van der Waals surface area (Å²) in [7, 11) is 0. The Labute approximate surface area is 264 Å². The van der Waals surface area contributed by atoms with E-state index in [1.54, 1.807) is 12.2 Å². The van der Waals surface area contributed by atoms with Crippen molar-refractivity contribution in [1.29, 1.82) is 0 Å². The summed E-state index contributed by atoms with van der Waals surface area (Å²) in [6.45, 7) is 12.7. The van der Waals surface area contributed by atoms with Crippen LogP contribution < -0.4 is 9.80 Å². The Balaban J connectivity index is 1.26. The lowest BCUT2D eigenvalue weighted by Crippen LogP contribution is -2.21. The van der Waals surface area contributed by atoms with Crippen LogP contribution in [0.4, 0.5) is 11.4 Å². The number of carbonyl (C=O) groups excluding carboxylic acids is 1. The summed E-state index contributed by atoms with van der Waals surface area (Å²) >= 11 is 0. The molecule has 3 nitrogen and oxygen atoms in total. The molecule has 224 valence electrons. The Morgan fingerprint density at radius 1 is 0.409 bits per heavy atom. The van der Waals surface area contributed by atoms with Gasteiger partial charge in [0, 0.05) is 37.6 Å². The first kappa shape index (κ1) is 32.0. The fourth-order valence-corrected chi connectivity index (χ4v) is 5.00. The molecule has 0 aromatic heterocycles. The highest BCUT2D eigenvalue weighted by molar-refractivity contribution is 6.04. The zero-order valence-electron chi connectivity index (χ0n) is 26.5. The molecule has 0 atom stereocenters. The van der Waals surface area contributed by atoms with Crippen molar-refractivity contribution in [3.05, 3.63) is 143 Å². The van der Waals surface area contributed by atoms with Crippen LogP contribution in [0.2, 0.25) is 0 Å². The van der Waals surface area contributed by atoms with E-state index in [2.05, 4.69) is 135 Å². The molecule has 4 rings (SSSR count). The van der Waals surface area contributed by atoms with Gasteiger partial charge < -0.3 is 9.80 Å². The van der Waals surface area contributed by atoms with Gasteiger partial charge in [-0.25, -0.2) is 0 Å². The van der Waals surface area contributed by atoms with Gasteiger partial charge in [-0.2, -0.15) is 0 Å². The predicted octanol–water partition coefficient (Wildman–Crippen LogP) is 10.0. The van der Waals surface area contributed by atoms with Gasteiger partial charge in [0.15, 0.2) is 5.78 Å². The van der Waals surface area contributed by atoms with Crippen LogP contribution in [-0.2, 0) is 4.79 Å². The van der Waals surface area contributed by atoms with Crippen LogP contribution in [0.25, 0.3) is 36.5 Å². The van der Waals surface area contributed by atoms with Gasteiger partial charge in [-0.15, -0.1) is 0 Å². The second kappa shape index (κ2) is 16.7. The molecule has 0 amide bonds. The van der Waals surface area contributed by atoms with Crippen molar-refractivity contribution in [2.45, 2.75) is 27.7 Å². The standard InChI is InChI=1S/C41H44N2O/c1-5-42(6-2)39-27-21-37(22-28-39)19-13-33-9-15-35(16-10-33)25-31-41(44)32-26-36-17-11-34(12-18-36)14-20-38-23-29-40(30-24-38)43(7-3)8-4/h9-32H,5-8H2,1-4H3/b19-13+,20-14+,31-25+,32-26+. The lowest BCUT2D eigenvalue weighted by Gasteiger charge is -2.20. The van der Waals surface area contributed by atoms with Crippen molar-refractivity contribution in [3.63, 3.8) is 0 Å². The van der Waals surface area contributed by atoms with Crippen LogP contribution in [0.1, 0.15) is 61.1 Å². The molecule has 4 aromatic rings. The van der Waals surface area contributed by atoms with Gasteiger partial charge in [0.05, 0.1) is 0 Å². The molecule has 0 aliphatic carbocycles. The molecule has 0 unspecified atom stereocenters. The number of carbonyl (C=O) groups is 1. The minimum atomic E-state index is -0.0424. The van der Waals surface area contributed by atoms with E-state index in [4.69, 9.17) is 0 Å². The minimum Gasteiger partial charge on any atom is -0.372 e. The SMILES string of the molecule is CCN(CC)c1ccc(/C=C/c2ccc(/C=C/C(=O)/C=C/c3ccc(/C=C/c4ccc(N(CC)CC)cc4)cc3)cc2)cc1. The third-order valence-corrected chi connectivity index (χ3v) is 7.73. The van der Waals surface area contributed by atoms with Crippen LogP contribution >= 0.6 is 0 Å². The molecule has 0 radical (unpaired) electrons. The summed E-state index contributed by atoms with van der Waals surface area (Å²) in [6, 6.07) is 33.7. The Bertz CT molecular complexity index is 1440. The second-order valence-corrected chi connectivity index (χ2v) is 10.6. The number of rotatable bonds is 14. The highest BCUT2D eigenvalue weighted by Gasteiger charge is 2.01. The number of hydrogen-bond donors (Lipinski definition) is 0. The molecule has 0 N–H and O–H groups in total. The van der Waals surface area contributed by atoms with E-state index < -0.39 is 0 Å². The summed E-state index contributed by atoms with van der Waals surface area (Å²) in [6.07, 6.45) is 15.4. The van der Waals surface area contributed by atoms with Gasteiger partial charge in [0.1, 0.15) is 0 Å². The molecule has 44 heavy (non-hydrogen) atoms. The third-order valence-electron chi connectivity index (χ3n) is 7.73. The fraction of sp³-hybridized carbons (Fsp3) is 0.195. The molecule has 0 bridgehead atoms. The normalized spacial score (nSPS) is 11.7. The minimum absolute atomic E-state index is 0.0424. The van der Waals surface area contributed by atoms with Gasteiger partial charge in [-0.1, -0.05) is 109 Å². The lowest BCUT2D eigenvalue weighted by molar-refractivity contribution is -0.110. The molecule has 4 aromatic carbocycles. The summed E-state index contributed by atoms with van der Waals surface area (Å²) in [5.41, 5.74) is 9.07. The summed E-state index contributed by atoms with van der Waals surface area (Å²) in [5.74, 6) is -0.0424. The Hall–Kier alpha value is -4.89. The third kappa shape index (κ3) is 9.57. The molecule has 0 saturated heterocycles. The van der Waals surface area contributed by atoms with E-state index in [9.17, 15) is 4.79 Å². The van der Waals surface area contributed by atoms with Crippen molar-refractivity contribution >= 4 is 53.6 Å². The van der Waals surface area contributed by atoms with E-state index >= 15 is 0 Å². The van der Waals surface area contributed by atoms with Gasteiger partial charge in [0.25, 0.3) is 0 Å². The van der Waals surface area contributed by atoms with Crippen molar-refractivity contribution < 1.29 is 4.79 Å². The fourth-order valence-electron chi connectivity index (χ4n) is 5.00. The molecule has 0 aliphatic rings. The topological polar surface area (TPSA) is 23.6 Å². The summed E-state index contributed by atoms with van der Waals surface area (Å²) < 4.78 is 0. The van der Waals surface area contributed by atoms with Gasteiger partial charge in [-0.3, -0.25) is 4.79 Å². The second-order valence-electron chi connectivity index (χ2n) is 10.6. The lowest BCUT2D eigenvalue weighted by atomic mass is 10.1. The molecule has 0 fully saturated rings. The number of ketones is 1. The van der Waals surface area contributed by atoms with E-state index in [1.165, 1.54) is 22.5 Å². The van der Waals surface area contributed by atoms with E-state index in [1.807, 2.05) is 36.4 Å². The maximum Gasteiger partial charge on any atom is 0.178 e. The first-order valence-corrected chi connectivity index (χ1v) is 15.7. The number of benzene rings is 4.